The van der Waals surface area contributed by atoms with Crippen molar-refractivity contribution in [3.05, 3.63) is 33.9 Å². The number of rotatable bonds is 5. The van der Waals surface area contributed by atoms with Crippen LogP contribution >= 0.6 is 0 Å². The number of hydrogen-bond donors (Lipinski definition) is 2. The lowest BCUT2D eigenvalue weighted by Crippen LogP contribution is -2.41. The smallest absolute Gasteiger partial charge is 0.296 e. The summed E-state index contributed by atoms with van der Waals surface area (Å²) in [6.45, 7) is 3.52. The lowest BCUT2D eigenvalue weighted by Gasteiger charge is -2.17. The molecule has 0 aliphatic rings. The molecule has 0 aliphatic heterocycles. The van der Waals surface area contributed by atoms with Gasteiger partial charge in [0.05, 0.1) is 11.0 Å². The van der Waals surface area contributed by atoms with Gasteiger partial charge in [-0.25, -0.2) is 8.78 Å². The number of nitrogens with two attached hydrogens (primary N) is 1. The zero-order valence-electron chi connectivity index (χ0n) is 11.0. The largest absolute Gasteiger partial charge is 0.320 e. The molecule has 1 rings (SSSR count). The Bertz CT molecular complexity index is 537. The molecule has 0 saturated heterocycles. The van der Waals surface area contributed by atoms with Gasteiger partial charge in [-0.05, 0) is 12.0 Å². The summed E-state index contributed by atoms with van der Waals surface area (Å²) in [6, 6.07) is 0.433. The second kappa shape index (κ2) is 6.38. The number of nitrogens with zero attached hydrogens (tertiary/aromatic N) is 1. The summed E-state index contributed by atoms with van der Waals surface area (Å²) in [6.07, 6.45) is 0.600. The Labute approximate surface area is 114 Å². The van der Waals surface area contributed by atoms with Gasteiger partial charge in [0.15, 0.2) is 17.3 Å². The second-order valence-corrected chi connectivity index (χ2v) is 4.41. The molecule has 6 nitrogen and oxygen atoms in total. The summed E-state index contributed by atoms with van der Waals surface area (Å²) < 4.78 is 26.7. The summed E-state index contributed by atoms with van der Waals surface area (Å²) in [4.78, 5) is 21.7. The van der Waals surface area contributed by atoms with E-state index >= 15 is 0 Å². The molecule has 0 fully saturated rings. The van der Waals surface area contributed by atoms with Gasteiger partial charge in [0, 0.05) is 6.07 Å². The molecule has 1 amide bonds. The molecule has 0 spiro atoms. The average molecular weight is 287 g/mol. The molecule has 8 heteroatoms. The Morgan fingerprint density at radius 2 is 2.10 bits per heavy atom. The molecule has 0 aromatic heterocycles. The summed E-state index contributed by atoms with van der Waals surface area (Å²) in [5.74, 6) is -3.77. The topological polar surface area (TPSA) is 98.3 Å². The SMILES string of the molecule is CCC(C)[C@H](N)C(=O)Nc1c([N+](=O)[O-])ccc(F)c1F. The van der Waals surface area contributed by atoms with Crippen molar-refractivity contribution in [2.24, 2.45) is 11.7 Å². The zero-order valence-corrected chi connectivity index (χ0v) is 11.0. The van der Waals surface area contributed by atoms with E-state index in [2.05, 4.69) is 0 Å². The first kappa shape index (κ1) is 16.0. The Hall–Kier alpha value is -2.09. The standard InChI is InChI=1S/C12H15F2N3O3/c1-3-6(2)10(15)12(18)16-11-8(17(19)20)5-4-7(13)9(11)14/h4-6,10H,3,15H2,1-2H3,(H,16,18)/t6?,10-/m0/s1. The van der Waals surface area contributed by atoms with E-state index in [-0.39, 0.29) is 5.92 Å². The van der Waals surface area contributed by atoms with E-state index in [0.717, 1.165) is 6.07 Å². The van der Waals surface area contributed by atoms with Crippen LogP contribution in [0.4, 0.5) is 20.2 Å². The molecule has 0 radical (unpaired) electrons. The van der Waals surface area contributed by atoms with Crippen LogP contribution < -0.4 is 11.1 Å². The third kappa shape index (κ3) is 3.27. The molecule has 1 aromatic rings. The number of amides is 1. The van der Waals surface area contributed by atoms with Crippen molar-refractivity contribution in [3.8, 4) is 0 Å². The number of hydrogen-bond acceptors (Lipinski definition) is 4. The van der Waals surface area contributed by atoms with Gasteiger partial charge in [-0.3, -0.25) is 14.9 Å². The minimum absolute atomic E-state index is 0.203. The third-order valence-electron chi connectivity index (χ3n) is 3.08. The van der Waals surface area contributed by atoms with Crippen molar-refractivity contribution in [1.29, 1.82) is 0 Å². The first-order chi connectivity index (χ1) is 9.29. The van der Waals surface area contributed by atoms with Gasteiger partial charge < -0.3 is 11.1 Å². The highest BCUT2D eigenvalue weighted by Gasteiger charge is 2.26. The molecule has 0 bridgehead atoms. The summed E-state index contributed by atoms with van der Waals surface area (Å²) in [7, 11) is 0. The lowest BCUT2D eigenvalue weighted by molar-refractivity contribution is -0.384. The Morgan fingerprint density at radius 3 is 2.60 bits per heavy atom. The second-order valence-electron chi connectivity index (χ2n) is 4.41. The lowest BCUT2D eigenvalue weighted by atomic mass is 9.99. The van der Waals surface area contributed by atoms with Crippen molar-refractivity contribution < 1.29 is 18.5 Å². The van der Waals surface area contributed by atoms with Crippen molar-refractivity contribution in [2.75, 3.05) is 5.32 Å². The fourth-order valence-electron chi connectivity index (χ4n) is 1.53. The average Bonchev–Trinajstić information content (AvgIpc) is 2.41. The van der Waals surface area contributed by atoms with Crippen LogP contribution in [0, 0.1) is 27.7 Å². The molecule has 0 heterocycles. The van der Waals surface area contributed by atoms with Gasteiger partial charge in [0.1, 0.15) is 0 Å². The Morgan fingerprint density at radius 1 is 1.50 bits per heavy atom. The Kier molecular flexibility index (Phi) is 5.09. The van der Waals surface area contributed by atoms with E-state index in [1.54, 1.807) is 6.92 Å². The molecular formula is C12H15F2N3O3. The number of anilines is 1. The monoisotopic (exact) mass is 287 g/mol. The van der Waals surface area contributed by atoms with Crippen LogP contribution in [0.15, 0.2) is 12.1 Å². The minimum atomic E-state index is -1.48. The highest BCUT2D eigenvalue weighted by molar-refractivity contribution is 5.96. The predicted molar refractivity (Wildman–Crippen MR) is 69.1 cm³/mol. The first-order valence-electron chi connectivity index (χ1n) is 5.98. The first-order valence-corrected chi connectivity index (χ1v) is 5.98. The van der Waals surface area contributed by atoms with Crippen molar-refractivity contribution >= 4 is 17.3 Å². The van der Waals surface area contributed by atoms with Gasteiger partial charge in [0.2, 0.25) is 5.91 Å². The molecular weight excluding hydrogens is 272 g/mol. The van der Waals surface area contributed by atoms with E-state index in [1.165, 1.54) is 0 Å². The van der Waals surface area contributed by atoms with E-state index < -0.39 is 39.9 Å². The maximum atomic E-state index is 13.6. The summed E-state index contributed by atoms with van der Waals surface area (Å²) in [5.41, 5.74) is 4.10. The van der Waals surface area contributed by atoms with Crippen LogP contribution in [0.2, 0.25) is 0 Å². The fourth-order valence-corrected chi connectivity index (χ4v) is 1.53. The maximum absolute atomic E-state index is 13.6. The van der Waals surface area contributed by atoms with E-state index in [1.807, 2.05) is 12.2 Å². The number of carbonyl (C=O) groups is 1. The van der Waals surface area contributed by atoms with Crippen LogP contribution in [0.5, 0.6) is 0 Å². The van der Waals surface area contributed by atoms with Crippen molar-refractivity contribution in [2.45, 2.75) is 26.3 Å². The molecule has 0 aliphatic carbocycles. The number of benzene rings is 1. The fraction of sp³-hybridized carbons (Fsp3) is 0.417. The number of nitro groups is 1. The summed E-state index contributed by atoms with van der Waals surface area (Å²) >= 11 is 0. The molecule has 1 aromatic carbocycles. The van der Waals surface area contributed by atoms with E-state index in [0.29, 0.717) is 12.5 Å². The van der Waals surface area contributed by atoms with E-state index in [9.17, 15) is 23.7 Å². The minimum Gasteiger partial charge on any atom is -0.320 e. The number of nitrogens with one attached hydrogen (secondary N) is 1. The third-order valence-corrected chi connectivity index (χ3v) is 3.08. The van der Waals surface area contributed by atoms with Gasteiger partial charge in [-0.1, -0.05) is 20.3 Å². The van der Waals surface area contributed by atoms with Crippen molar-refractivity contribution in [1.82, 2.24) is 0 Å². The van der Waals surface area contributed by atoms with Crippen LogP contribution in [-0.2, 0) is 4.79 Å². The van der Waals surface area contributed by atoms with Gasteiger partial charge >= 0.3 is 0 Å². The molecule has 20 heavy (non-hydrogen) atoms. The van der Waals surface area contributed by atoms with E-state index in [4.69, 9.17) is 5.73 Å². The molecule has 3 N–H and O–H groups in total. The zero-order chi connectivity index (χ0) is 15.4. The van der Waals surface area contributed by atoms with Crippen LogP contribution in [0.1, 0.15) is 20.3 Å². The Balaban J connectivity index is 3.11. The molecule has 1 unspecified atom stereocenters. The predicted octanol–water partition coefficient (Wildman–Crippen LogP) is 2.18. The number of nitro benzene ring substituents is 1. The number of halogens is 2. The van der Waals surface area contributed by atoms with Gasteiger partial charge in [0.25, 0.3) is 5.69 Å². The van der Waals surface area contributed by atoms with Crippen LogP contribution in [0.25, 0.3) is 0 Å². The van der Waals surface area contributed by atoms with Crippen LogP contribution in [0.3, 0.4) is 0 Å². The van der Waals surface area contributed by atoms with Gasteiger partial charge in [-0.2, -0.15) is 0 Å². The molecule has 110 valence electrons. The van der Waals surface area contributed by atoms with Crippen LogP contribution in [-0.4, -0.2) is 16.9 Å². The molecule has 0 saturated carbocycles. The highest BCUT2D eigenvalue weighted by atomic mass is 19.2. The number of carbonyl (C=O) groups excluding carboxylic acids is 1. The van der Waals surface area contributed by atoms with Crippen molar-refractivity contribution in [3.63, 3.8) is 0 Å². The molecule has 2 atom stereocenters. The van der Waals surface area contributed by atoms with Gasteiger partial charge in [-0.15, -0.1) is 0 Å². The quantitative estimate of drug-likeness (QED) is 0.640. The highest BCUT2D eigenvalue weighted by Crippen LogP contribution is 2.29. The normalized spacial score (nSPS) is 13.7. The maximum Gasteiger partial charge on any atom is 0.296 e. The summed E-state index contributed by atoms with van der Waals surface area (Å²) in [5, 5.41) is 12.8.